The first-order valence-corrected chi connectivity index (χ1v) is 6.17. The van der Waals surface area contributed by atoms with Crippen molar-refractivity contribution in [3.8, 4) is 0 Å². The molecule has 0 radical (unpaired) electrons. The number of rotatable bonds is 5. The molecule has 1 heterocycles. The second-order valence-corrected chi connectivity index (χ2v) is 4.78. The van der Waals surface area contributed by atoms with E-state index in [9.17, 15) is 0 Å². The molecular formula is C10H20N2OS. The van der Waals surface area contributed by atoms with Crippen LogP contribution in [0.2, 0.25) is 0 Å². The summed E-state index contributed by atoms with van der Waals surface area (Å²) in [5.74, 6) is 1.67. The number of methoxy groups -OCH3 is 1. The maximum Gasteiger partial charge on any atom is 0.156 e. The van der Waals surface area contributed by atoms with E-state index in [0.29, 0.717) is 12.0 Å². The lowest BCUT2D eigenvalue weighted by Crippen LogP contribution is -2.26. The molecular weight excluding hydrogens is 196 g/mol. The van der Waals surface area contributed by atoms with E-state index in [0.717, 1.165) is 24.1 Å². The van der Waals surface area contributed by atoms with E-state index >= 15 is 0 Å². The number of aliphatic imine (C=N–C) groups is 1. The van der Waals surface area contributed by atoms with Crippen molar-refractivity contribution in [2.75, 3.05) is 26.0 Å². The van der Waals surface area contributed by atoms with Crippen LogP contribution < -0.4 is 5.32 Å². The Balaban J connectivity index is 2.25. The van der Waals surface area contributed by atoms with Crippen molar-refractivity contribution in [1.29, 1.82) is 0 Å². The van der Waals surface area contributed by atoms with Crippen LogP contribution in [0.1, 0.15) is 20.3 Å². The third-order valence-corrected chi connectivity index (χ3v) is 3.33. The minimum Gasteiger partial charge on any atom is -0.384 e. The molecule has 82 valence electrons. The summed E-state index contributed by atoms with van der Waals surface area (Å²) in [6.07, 6.45) is 1.18. The third kappa shape index (κ3) is 3.88. The molecule has 3 nitrogen and oxygen atoms in total. The largest absolute Gasteiger partial charge is 0.384 e. The molecule has 0 spiro atoms. The lowest BCUT2D eigenvalue weighted by molar-refractivity contribution is 0.163. The number of hydrogen-bond donors (Lipinski definition) is 1. The lowest BCUT2D eigenvalue weighted by Gasteiger charge is -2.08. The van der Waals surface area contributed by atoms with E-state index in [-0.39, 0.29) is 0 Å². The van der Waals surface area contributed by atoms with Gasteiger partial charge in [-0.25, -0.2) is 0 Å². The molecule has 0 aromatic carbocycles. The van der Waals surface area contributed by atoms with Crippen molar-refractivity contribution in [2.24, 2.45) is 10.9 Å². The molecule has 1 N–H and O–H groups in total. The molecule has 14 heavy (non-hydrogen) atoms. The molecule has 0 amide bonds. The second kappa shape index (κ2) is 6.30. The molecule has 2 atom stereocenters. The highest BCUT2D eigenvalue weighted by atomic mass is 32.2. The highest BCUT2D eigenvalue weighted by molar-refractivity contribution is 8.14. The van der Waals surface area contributed by atoms with E-state index in [1.54, 1.807) is 7.11 Å². The number of ether oxygens (including phenoxy) is 1. The number of hydrogen-bond acceptors (Lipinski definition) is 3. The molecule has 1 saturated heterocycles. The summed E-state index contributed by atoms with van der Waals surface area (Å²) in [4.78, 5) is 4.53. The van der Waals surface area contributed by atoms with E-state index in [2.05, 4.69) is 24.2 Å². The van der Waals surface area contributed by atoms with Crippen LogP contribution in [0.25, 0.3) is 0 Å². The van der Waals surface area contributed by atoms with Gasteiger partial charge in [0.15, 0.2) is 5.17 Å². The Labute approximate surface area is 90.7 Å². The zero-order valence-corrected chi connectivity index (χ0v) is 10.1. The fourth-order valence-corrected chi connectivity index (χ4v) is 2.42. The van der Waals surface area contributed by atoms with Crippen molar-refractivity contribution in [2.45, 2.75) is 26.3 Å². The van der Waals surface area contributed by atoms with Crippen LogP contribution in [-0.4, -0.2) is 37.2 Å². The summed E-state index contributed by atoms with van der Waals surface area (Å²) in [5, 5.41) is 4.52. The van der Waals surface area contributed by atoms with Gasteiger partial charge in [-0.15, -0.1) is 0 Å². The van der Waals surface area contributed by atoms with E-state index < -0.39 is 0 Å². The monoisotopic (exact) mass is 216 g/mol. The van der Waals surface area contributed by atoms with Crippen LogP contribution in [0.15, 0.2) is 4.99 Å². The Morgan fingerprint density at radius 2 is 2.50 bits per heavy atom. The van der Waals surface area contributed by atoms with Crippen LogP contribution >= 0.6 is 11.8 Å². The summed E-state index contributed by atoms with van der Waals surface area (Å²) in [7, 11) is 1.74. The first-order chi connectivity index (χ1) is 6.76. The average Bonchev–Trinajstić information content (AvgIpc) is 2.63. The molecule has 2 unspecified atom stereocenters. The molecule has 0 aliphatic carbocycles. The lowest BCUT2D eigenvalue weighted by atomic mass is 10.2. The topological polar surface area (TPSA) is 33.6 Å². The van der Waals surface area contributed by atoms with Crippen molar-refractivity contribution < 1.29 is 4.74 Å². The zero-order valence-electron chi connectivity index (χ0n) is 9.25. The van der Waals surface area contributed by atoms with Gasteiger partial charge in [-0.2, -0.15) is 0 Å². The maximum absolute atomic E-state index is 5.06. The van der Waals surface area contributed by atoms with E-state index in [4.69, 9.17) is 4.74 Å². The van der Waals surface area contributed by atoms with Crippen LogP contribution in [0.5, 0.6) is 0 Å². The normalized spacial score (nSPS) is 26.5. The SMILES string of the molecule is CCC1CSC(=NCC(C)COC)N1. The van der Waals surface area contributed by atoms with Gasteiger partial charge in [0.05, 0.1) is 6.61 Å². The standard InChI is InChI=1S/C10H20N2OS/c1-4-9-7-14-10(12-9)11-5-8(2)6-13-3/h8-9H,4-7H2,1-3H3,(H,11,12). The maximum atomic E-state index is 5.06. The minimum absolute atomic E-state index is 0.510. The van der Waals surface area contributed by atoms with Crippen molar-refractivity contribution >= 4 is 16.9 Å². The molecule has 0 bridgehead atoms. The molecule has 1 aliphatic rings. The highest BCUT2D eigenvalue weighted by Gasteiger charge is 2.17. The van der Waals surface area contributed by atoms with Crippen molar-refractivity contribution in [3.05, 3.63) is 0 Å². The van der Waals surface area contributed by atoms with Gasteiger partial charge in [-0.1, -0.05) is 25.6 Å². The number of amidine groups is 1. The van der Waals surface area contributed by atoms with Gasteiger partial charge in [-0.3, -0.25) is 4.99 Å². The Morgan fingerprint density at radius 3 is 3.07 bits per heavy atom. The molecule has 1 fully saturated rings. The molecule has 0 saturated carbocycles. The molecule has 1 rings (SSSR count). The van der Waals surface area contributed by atoms with Crippen LogP contribution in [-0.2, 0) is 4.74 Å². The fraction of sp³-hybridized carbons (Fsp3) is 0.900. The van der Waals surface area contributed by atoms with Gasteiger partial charge >= 0.3 is 0 Å². The van der Waals surface area contributed by atoms with Gasteiger partial charge in [-0.05, 0) is 12.3 Å². The van der Waals surface area contributed by atoms with Crippen molar-refractivity contribution in [1.82, 2.24) is 5.32 Å². The predicted octanol–water partition coefficient (Wildman–Crippen LogP) is 1.74. The summed E-state index contributed by atoms with van der Waals surface area (Å²) >= 11 is 1.83. The van der Waals surface area contributed by atoms with Crippen LogP contribution in [0.3, 0.4) is 0 Å². The Morgan fingerprint density at radius 1 is 1.71 bits per heavy atom. The van der Waals surface area contributed by atoms with Gasteiger partial charge in [0.1, 0.15) is 0 Å². The molecule has 4 heteroatoms. The Kier molecular flexibility index (Phi) is 5.33. The quantitative estimate of drug-likeness (QED) is 0.760. The summed E-state index contributed by atoms with van der Waals surface area (Å²) in [6, 6.07) is 0.622. The predicted molar refractivity (Wildman–Crippen MR) is 63.0 cm³/mol. The van der Waals surface area contributed by atoms with Crippen molar-refractivity contribution in [3.63, 3.8) is 0 Å². The summed E-state index contributed by atoms with van der Waals surface area (Å²) in [5.41, 5.74) is 0. The smallest absolute Gasteiger partial charge is 0.156 e. The number of nitrogens with zero attached hydrogens (tertiary/aromatic N) is 1. The minimum atomic E-state index is 0.510. The second-order valence-electron chi connectivity index (χ2n) is 3.77. The highest BCUT2D eigenvalue weighted by Crippen LogP contribution is 2.15. The molecule has 0 aromatic rings. The summed E-state index contributed by atoms with van der Waals surface area (Å²) in [6.45, 7) is 6.01. The van der Waals surface area contributed by atoms with E-state index in [1.807, 2.05) is 11.8 Å². The van der Waals surface area contributed by atoms with Gasteiger partial charge < -0.3 is 10.1 Å². The fourth-order valence-electron chi connectivity index (χ4n) is 1.32. The molecule has 1 aliphatic heterocycles. The zero-order chi connectivity index (χ0) is 10.4. The molecule has 0 aromatic heterocycles. The van der Waals surface area contributed by atoms with Gasteiger partial charge in [0, 0.05) is 25.4 Å². The third-order valence-electron chi connectivity index (χ3n) is 2.24. The summed E-state index contributed by atoms with van der Waals surface area (Å²) < 4.78 is 5.06. The van der Waals surface area contributed by atoms with Gasteiger partial charge in [0.2, 0.25) is 0 Å². The van der Waals surface area contributed by atoms with Crippen LogP contribution in [0, 0.1) is 5.92 Å². The van der Waals surface area contributed by atoms with E-state index in [1.165, 1.54) is 6.42 Å². The Bertz CT molecular complexity index is 197. The first-order valence-electron chi connectivity index (χ1n) is 5.19. The Hall–Kier alpha value is -0.220. The van der Waals surface area contributed by atoms with Gasteiger partial charge in [0.25, 0.3) is 0 Å². The van der Waals surface area contributed by atoms with Crippen LogP contribution in [0.4, 0.5) is 0 Å². The first kappa shape index (κ1) is 11.9. The number of thioether (sulfide) groups is 1. The number of nitrogens with one attached hydrogen (secondary N) is 1. The average molecular weight is 216 g/mol.